The summed E-state index contributed by atoms with van der Waals surface area (Å²) in [5.41, 5.74) is 9.06. The Morgan fingerprint density at radius 3 is 1.99 bits per heavy atom. The summed E-state index contributed by atoms with van der Waals surface area (Å²) in [6.07, 6.45) is 3.68. The average Bonchev–Trinajstić information content (AvgIpc) is 3.93. The second kappa shape index (κ2) is 23.1. The molecule has 4 N–H and O–H groups in total. The van der Waals surface area contributed by atoms with Crippen LogP contribution in [-0.2, 0) is 62.9 Å². The van der Waals surface area contributed by atoms with E-state index in [2.05, 4.69) is 22.0 Å². The molecule has 5 amide bonds. The molecule has 16 nitrogen and oxygen atoms in total. The van der Waals surface area contributed by atoms with Gasteiger partial charge in [-0.1, -0.05) is 36.4 Å². The SMILES string of the molecule is CNC(=O)CCCCC(=O)CCC(=O)NCC(=O)CCC(=O)Nc1cc(COc2cc3c(cc2C)C(=O)N2c4ccccc4C[C@H]2C(O)C3)cc(COc2cc3c(cc2OC)C(=O)N2c4ccccc4C[C@H]2CC3)c1. The fourth-order valence-electron chi connectivity index (χ4n) is 10.7. The lowest BCUT2D eigenvalue weighted by molar-refractivity contribution is -0.127. The van der Waals surface area contributed by atoms with Gasteiger partial charge in [0, 0.05) is 86.2 Å². The summed E-state index contributed by atoms with van der Waals surface area (Å²) < 4.78 is 18.7. The summed E-state index contributed by atoms with van der Waals surface area (Å²) in [4.78, 5) is 94.1. The van der Waals surface area contributed by atoms with Gasteiger partial charge in [-0.2, -0.15) is 0 Å². The highest BCUT2D eigenvalue weighted by atomic mass is 16.5. The molecular weight excluding hydrogens is 955 g/mol. The van der Waals surface area contributed by atoms with E-state index in [9.17, 15) is 38.7 Å². The van der Waals surface area contributed by atoms with E-state index in [1.165, 1.54) is 7.11 Å². The van der Waals surface area contributed by atoms with Crippen molar-refractivity contribution in [2.75, 3.05) is 35.8 Å². The molecule has 0 bridgehead atoms. The number of hydrogen-bond acceptors (Lipinski definition) is 11. The summed E-state index contributed by atoms with van der Waals surface area (Å²) in [6.45, 7) is 1.69. The van der Waals surface area contributed by atoms with Gasteiger partial charge in [-0.25, -0.2) is 0 Å². The quantitative estimate of drug-likeness (QED) is 0.0539. The lowest BCUT2D eigenvalue weighted by atomic mass is 9.96. The van der Waals surface area contributed by atoms with Gasteiger partial charge in [-0.05, 0) is 139 Å². The van der Waals surface area contributed by atoms with Crippen LogP contribution in [0.1, 0.15) is 117 Å². The molecule has 0 fully saturated rings. The number of amides is 5. The monoisotopic (exact) mass is 1020 g/mol. The minimum atomic E-state index is -0.796. The second-order valence-electron chi connectivity index (χ2n) is 19.9. The summed E-state index contributed by atoms with van der Waals surface area (Å²) in [7, 11) is 3.09. The van der Waals surface area contributed by atoms with Crippen molar-refractivity contribution in [1.29, 1.82) is 0 Å². The molecule has 5 aromatic rings. The van der Waals surface area contributed by atoms with Crippen LogP contribution in [-0.4, -0.2) is 85.1 Å². The van der Waals surface area contributed by atoms with Crippen LogP contribution in [0.3, 0.4) is 0 Å². The molecule has 0 aromatic heterocycles. The number of anilines is 3. The van der Waals surface area contributed by atoms with E-state index in [-0.39, 0.29) is 99.7 Å². The summed E-state index contributed by atoms with van der Waals surface area (Å²) in [5, 5.41) is 19.4. The first-order valence-corrected chi connectivity index (χ1v) is 25.8. The Hall–Kier alpha value is -7.85. The summed E-state index contributed by atoms with van der Waals surface area (Å²) >= 11 is 0. The number of nitrogens with one attached hydrogen (secondary N) is 3. The molecule has 5 aromatic carbocycles. The van der Waals surface area contributed by atoms with Crippen molar-refractivity contribution in [3.63, 3.8) is 0 Å². The number of para-hydroxylation sites is 2. The topological polar surface area (TPSA) is 210 Å². The number of aliphatic hydroxyl groups excluding tert-OH is 1. The minimum Gasteiger partial charge on any atom is -0.493 e. The van der Waals surface area contributed by atoms with Gasteiger partial charge >= 0.3 is 0 Å². The van der Waals surface area contributed by atoms with E-state index in [0.29, 0.717) is 82.9 Å². The van der Waals surface area contributed by atoms with Crippen molar-refractivity contribution < 1.29 is 52.9 Å². The van der Waals surface area contributed by atoms with Crippen molar-refractivity contribution >= 4 is 58.2 Å². The van der Waals surface area contributed by atoms with Gasteiger partial charge in [0.15, 0.2) is 17.3 Å². The molecule has 3 atom stereocenters. The van der Waals surface area contributed by atoms with Gasteiger partial charge in [0.25, 0.3) is 11.8 Å². The first-order valence-electron chi connectivity index (χ1n) is 25.8. The van der Waals surface area contributed by atoms with Gasteiger partial charge in [0.1, 0.15) is 24.7 Å². The van der Waals surface area contributed by atoms with Crippen LogP contribution in [0, 0.1) is 6.92 Å². The summed E-state index contributed by atoms with van der Waals surface area (Å²) in [6, 6.07) is 28.1. The zero-order valence-electron chi connectivity index (χ0n) is 42.6. The van der Waals surface area contributed by atoms with Crippen LogP contribution in [0.15, 0.2) is 91.0 Å². The Labute approximate surface area is 436 Å². The molecule has 0 spiro atoms. The molecule has 1 unspecified atom stereocenters. The number of Topliss-reactive ketones (excluding diaryl/α,β-unsaturated/α-hetero) is 2. The average molecular weight is 1020 g/mol. The highest BCUT2D eigenvalue weighted by Gasteiger charge is 2.42. The van der Waals surface area contributed by atoms with Gasteiger partial charge in [-0.3, -0.25) is 33.6 Å². The van der Waals surface area contributed by atoms with Crippen LogP contribution in [0.2, 0.25) is 0 Å². The molecule has 9 rings (SSSR count). The van der Waals surface area contributed by atoms with Gasteiger partial charge in [-0.15, -0.1) is 0 Å². The largest absolute Gasteiger partial charge is 0.493 e. The standard InChI is InChI=1S/C59H63N5O11/c1-35-22-46-41(28-51(67)50-27-40-11-5-8-14-49(40)64(50)59(46)72)30-52(35)74-33-36-23-37(25-42(24-36)62-57(70)21-19-45(66)32-61-56(69)20-18-44(65)12-6-9-15-55(68)60-2)34-75-54-29-38-16-17-43-26-39-10-4-7-13-48(39)63(43)58(71)47(38)31-53(54)73-3/h4-5,7-8,10-11,13-14,22-25,29-31,43,50-51,67H,6,9,12,15-21,26-28,32-34H2,1-3H3,(H,60,68)(H,61,69)(H,62,70)/t43-,50+,51?/m1/s1. The molecular formula is C59H63N5O11. The zero-order chi connectivity index (χ0) is 52.8. The van der Waals surface area contributed by atoms with E-state index in [0.717, 1.165) is 46.5 Å². The minimum absolute atomic E-state index is 0.0313. The third-order valence-corrected chi connectivity index (χ3v) is 14.7. The number of ketones is 2. The number of ether oxygens (including phenoxy) is 3. The van der Waals surface area contributed by atoms with Crippen molar-refractivity contribution in [3.8, 4) is 17.2 Å². The predicted octanol–water partition coefficient (Wildman–Crippen LogP) is 7.23. The molecule has 0 radical (unpaired) electrons. The predicted molar refractivity (Wildman–Crippen MR) is 281 cm³/mol. The number of hydrogen-bond donors (Lipinski definition) is 4. The number of fused-ring (bicyclic) bond motifs is 8. The number of benzene rings is 5. The Morgan fingerprint density at radius 1 is 0.627 bits per heavy atom. The van der Waals surface area contributed by atoms with Crippen LogP contribution in [0.5, 0.6) is 17.2 Å². The normalized spacial score (nSPS) is 17.0. The van der Waals surface area contributed by atoms with Crippen molar-refractivity contribution in [2.45, 2.75) is 122 Å². The molecule has 4 aliphatic rings. The molecule has 16 heteroatoms. The van der Waals surface area contributed by atoms with E-state index < -0.39 is 17.9 Å². The maximum Gasteiger partial charge on any atom is 0.258 e. The third kappa shape index (κ3) is 11.9. The number of carbonyl (C=O) groups is 7. The number of aliphatic hydroxyl groups is 1. The molecule has 4 heterocycles. The molecule has 0 saturated heterocycles. The number of methoxy groups -OCH3 is 1. The Bertz CT molecular complexity index is 3060. The van der Waals surface area contributed by atoms with E-state index >= 15 is 0 Å². The third-order valence-electron chi connectivity index (χ3n) is 14.7. The maximum atomic E-state index is 14.1. The van der Waals surface area contributed by atoms with Crippen LogP contribution in [0.25, 0.3) is 0 Å². The molecule has 0 saturated carbocycles. The van der Waals surface area contributed by atoms with E-state index in [1.54, 1.807) is 30.1 Å². The van der Waals surface area contributed by atoms with Crippen molar-refractivity contribution in [1.82, 2.24) is 10.6 Å². The number of unbranched alkanes of at least 4 members (excludes halogenated alkanes) is 1. The van der Waals surface area contributed by atoms with Crippen molar-refractivity contribution in [3.05, 3.63) is 141 Å². The van der Waals surface area contributed by atoms with Gasteiger partial charge in [0.05, 0.1) is 25.8 Å². The molecule has 75 heavy (non-hydrogen) atoms. The highest BCUT2D eigenvalue weighted by molar-refractivity contribution is 6.10. The zero-order valence-corrected chi connectivity index (χ0v) is 42.6. The van der Waals surface area contributed by atoms with Crippen LogP contribution < -0.4 is 40.0 Å². The lowest BCUT2D eigenvalue weighted by Gasteiger charge is -2.26. The highest BCUT2D eigenvalue weighted by Crippen LogP contribution is 2.42. The number of aryl methyl sites for hydroxylation is 2. The fraction of sp³-hybridized carbons (Fsp3) is 0.373. The van der Waals surface area contributed by atoms with E-state index in [4.69, 9.17) is 14.2 Å². The molecule has 0 aliphatic carbocycles. The Kier molecular flexibility index (Phi) is 16.1. The van der Waals surface area contributed by atoms with Crippen LogP contribution >= 0.6 is 0 Å². The first-order chi connectivity index (χ1) is 36.3. The number of rotatable bonds is 21. The molecule has 4 aliphatic heterocycles. The summed E-state index contributed by atoms with van der Waals surface area (Å²) in [5.74, 6) is -0.279. The second-order valence-corrected chi connectivity index (χ2v) is 19.9. The fourth-order valence-corrected chi connectivity index (χ4v) is 10.7. The van der Waals surface area contributed by atoms with Crippen LogP contribution in [0.4, 0.5) is 17.1 Å². The number of nitrogens with zero attached hydrogens (tertiary/aromatic N) is 2. The molecule has 390 valence electrons. The van der Waals surface area contributed by atoms with Gasteiger partial charge in [0.2, 0.25) is 17.7 Å². The number of carbonyl (C=O) groups excluding carboxylic acids is 7. The lowest BCUT2D eigenvalue weighted by Crippen LogP contribution is -2.43. The Morgan fingerprint density at radius 2 is 1.25 bits per heavy atom. The smallest absolute Gasteiger partial charge is 0.258 e. The van der Waals surface area contributed by atoms with Gasteiger partial charge < -0.3 is 45.1 Å². The maximum absolute atomic E-state index is 14.1. The first kappa shape index (κ1) is 52.0. The Balaban J connectivity index is 0.876. The van der Waals surface area contributed by atoms with E-state index in [1.807, 2.05) is 78.6 Å². The van der Waals surface area contributed by atoms with Crippen molar-refractivity contribution in [2.24, 2.45) is 0 Å².